The molecule has 0 saturated carbocycles. The van der Waals surface area contributed by atoms with Crippen LogP contribution in [0.25, 0.3) is 0 Å². The normalized spacial score (nSPS) is 11.5. The van der Waals surface area contributed by atoms with Gasteiger partial charge < -0.3 is 19.5 Å². The first-order chi connectivity index (χ1) is 21.2. The fourth-order valence-electron chi connectivity index (χ4n) is 4.44. The van der Waals surface area contributed by atoms with Gasteiger partial charge in [-0.2, -0.15) is 39.5 Å². The smallest absolute Gasteiger partial charge is 0.428 e. The molecule has 4 aromatic rings. The molecule has 0 spiro atoms. The third kappa shape index (κ3) is 7.49. The van der Waals surface area contributed by atoms with Crippen molar-refractivity contribution in [2.75, 3.05) is 0 Å². The quantitative estimate of drug-likeness (QED) is 0.0780. The van der Waals surface area contributed by atoms with Crippen LogP contribution in [0.5, 0.6) is 11.5 Å². The summed E-state index contributed by atoms with van der Waals surface area (Å²) in [5.74, 6) is -1.04. The molecule has 2 N–H and O–H groups in total. The van der Waals surface area contributed by atoms with E-state index in [-0.39, 0.29) is 11.0 Å². The first-order valence-corrected chi connectivity index (χ1v) is 13.3. The van der Waals surface area contributed by atoms with E-state index in [1.165, 1.54) is 48.2 Å². The van der Waals surface area contributed by atoms with Crippen LogP contribution in [0.1, 0.15) is 16.7 Å². The summed E-state index contributed by atoms with van der Waals surface area (Å²) in [6, 6.07) is 13.8. The van der Waals surface area contributed by atoms with E-state index < -0.39 is 65.5 Å². The Hall–Kier alpha value is -4.34. The molecule has 0 aliphatic rings. The molecule has 0 aliphatic carbocycles. The molecule has 0 saturated heterocycles. The van der Waals surface area contributed by atoms with Gasteiger partial charge >= 0.3 is 37.5 Å². The summed E-state index contributed by atoms with van der Waals surface area (Å²) in [6.07, 6.45) is -10.7. The van der Waals surface area contributed by atoms with Crippen LogP contribution < -0.4 is 14.9 Å². The van der Waals surface area contributed by atoms with Crippen molar-refractivity contribution in [3.05, 3.63) is 138 Å². The lowest BCUT2D eigenvalue weighted by atomic mass is 9.68. The Morgan fingerprint density at radius 1 is 0.533 bits per heavy atom. The van der Waals surface area contributed by atoms with E-state index in [1.807, 2.05) is 0 Å². The van der Waals surface area contributed by atoms with E-state index in [1.54, 1.807) is 12.1 Å². The number of benzene rings is 4. The van der Waals surface area contributed by atoms with Crippen molar-refractivity contribution < 1.29 is 59.0 Å². The second-order valence-corrected chi connectivity index (χ2v) is 10.3. The van der Waals surface area contributed by atoms with Gasteiger partial charge in [0.05, 0.1) is 0 Å². The maximum atomic E-state index is 15.4. The molecule has 0 bridgehead atoms. The Balaban J connectivity index is 1.82. The number of alkyl halides is 3. The van der Waals surface area contributed by atoms with Crippen molar-refractivity contribution in [1.29, 1.82) is 0 Å². The minimum atomic E-state index is -5.11. The van der Waals surface area contributed by atoms with Gasteiger partial charge in [0.2, 0.25) is 0 Å². The maximum absolute atomic E-state index is 15.4. The highest BCUT2D eigenvalue weighted by atomic mass is 32.2. The highest BCUT2D eigenvalue weighted by Gasteiger charge is 2.58. The molecule has 45 heavy (non-hydrogen) atoms. The lowest BCUT2D eigenvalue weighted by Gasteiger charge is -2.37. The first-order valence-electron chi connectivity index (χ1n) is 12.5. The van der Waals surface area contributed by atoms with E-state index in [0.29, 0.717) is 9.79 Å². The van der Waals surface area contributed by atoms with Gasteiger partial charge in [-0.1, -0.05) is 60.3 Å². The van der Waals surface area contributed by atoms with Crippen LogP contribution in [0.3, 0.4) is 0 Å². The Labute approximate surface area is 254 Å². The van der Waals surface area contributed by atoms with Gasteiger partial charge in [-0.3, -0.25) is 0 Å². The van der Waals surface area contributed by atoms with E-state index in [0.717, 1.165) is 48.5 Å². The second-order valence-electron chi connectivity index (χ2n) is 9.14. The highest BCUT2D eigenvalue weighted by Crippen LogP contribution is 2.52. The summed E-state index contributed by atoms with van der Waals surface area (Å²) in [4.78, 5) is 1.14. The fraction of sp³-hybridized carbons (Fsp3) is 0.0667. The summed E-state index contributed by atoms with van der Waals surface area (Å²) in [5, 5.41) is 18.5. The molecule has 15 heteroatoms. The average Bonchev–Trinajstić information content (AvgIpc) is 2.99. The third-order valence-electron chi connectivity index (χ3n) is 6.41. The number of hydrogen-bond acceptors (Lipinski definition) is 5. The van der Waals surface area contributed by atoms with Crippen LogP contribution in [-0.4, -0.2) is 23.3 Å². The lowest BCUT2D eigenvalue weighted by Crippen LogP contribution is -2.44. The molecule has 0 radical (unpaired) electrons. The van der Waals surface area contributed by atoms with Gasteiger partial charge in [0, 0.05) is 9.79 Å². The summed E-state index contributed by atoms with van der Waals surface area (Å²) >= 11 is 1.17. The zero-order valence-corrected chi connectivity index (χ0v) is 23.2. The summed E-state index contributed by atoms with van der Waals surface area (Å²) in [7, 11) is -1.68. The Morgan fingerprint density at radius 3 is 1.18 bits per heavy atom. The Bertz CT molecular complexity index is 1600. The SMILES string of the molecule is OB(O)c1ccc(Sc2ccc(C(c3ccc(OC(F)=C(F)F)cc3)(c3ccc(OC(F)=C(F)F)cc3)C(F)(F)F)cc2)cc1. The molecule has 0 heterocycles. The van der Waals surface area contributed by atoms with Gasteiger partial charge in [-0.15, -0.1) is 0 Å². The zero-order chi connectivity index (χ0) is 32.9. The highest BCUT2D eigenvalue weighted by molar-refractivity contribution is 7.99. The van der Waals surface area contributed by atoms with Gasteiger partial charge in [-0.25, -0.2) is 0 Å². The molecule has 4 nitrogen and oxygen atoms in total. The molecular weight excluding hydrogens is 638 g/mol. The zero-order valence-electron chi connectivity index (χ0n) is 22.3. The lowest BCUT2D eigenvalue weighted by molar-refractivity contribution is -0.166. The Morgan fingerprint density at radius 2 is 0.867 bits per heavy atom. The van der Waals surface area contributed by atoms with Gasteiger partial charge in [0.15, 0.2) is 0 Å². The number of hydrogen-bond donors (Lipinski definition) is 2. The van der Waals surface area contributed by atoms with Crippen LogP contribution in [0, 0.1) is 0 Å². The van der Waals surface area contributed by atoms with Gasteiger partial charge in [-0.05, 0) is 70.7 Å². The maximum Gasteiger partial charge on any atom is 0.488 e. The predicted octanol–water partition coefficient (Wildman–Crippen LogP) is 8.24. The summed E-state index contributed by atoms with van der Waals surface area (Å²) < 4.78 is 131. The largest absolute Gasteiger partial charge is 0.488 e. The van der Waals surface area contributed by atoms with Crippen molar-refractivity contribution in [2.24, 2.45) is 0 Å². The molecule has 0 atom stereocenters. The molecule has 0 unspecified atom stereocenters. The van der Waals surface area contributed by atoms with Crippen LogP contribution in [-0.2, 0) is 5.41 Å². The topological polar surface area (TPSA) is 58.9 Å². The van der Waals surface area contributed by atoms with E-state index >= 15 is 13.2 Å². The number of rotatable bonds is 10. The minimum absolute atomic E-state index is 0.236. The molecule has 0 aliphatic heterocycles. The monoisotopic (exact) mass is 656 g/mol. The van der Waals surface area contributed by atoms with Crippen LogP contribution in [0.15, 0.2) is 131 Å². The molecular formula is C30H18BF9O4S. The average molecular weight is 656 g/mol. The van der Waals surface area contributed by atoms with Crippen molar-refractivity contribution in [3.8, 4) is 11.5 Å². The molecule has 4 aromatic carbocycles. The van der Waals surface area contributed by atoms with Crippen molar-refractivity contribution in [2.45, 2.75) is 21.4 Å². The van der Waals surface area contributed by atoms with Crippen LogP contribution in [0.2, 0.25) is 0 Å². The molecule has 234 valence electrons. The van der Waals surface area contributed by atoms with Gasteiger partial charge in [0.1, 0.15) is 16.9 Å². The number of halogens is 9. The van der Waals surface area contributed by atoms with Crippen molar-refractivity contribution in [3.63, 3.8) is 0 Å². The van der Waals surface area contributed by atoms with Crippen molar-refractivity contribution in [1.82, 2.24) is 0 Å². The molecule has 0 fully saturated rings. The molecule has 4 rings (SSSR count). The van der Waals surface area contributed by atoms with Crippen LogP contribution in [0.4, 0.5) is 39.5 Å². The minimum Gasteiger partial charge on any atom is -0.428 e. The van der Waals surface area contributed by atoms with E-state index in [4.69, 9.17) is 0 Å². The molecule has 0 amide bonds. The first kappa shape index (κ1) is 33.6. The van der Waals surface area contributed by atoms with Crippen LogP contribution >= 0.6 is 11.8 Å². The third-order valence-corrected chi connectivity index (χ3v) is 7.43. The second kappa shape index (κ2) is 13.8. The number of ether oxygens (including phenoxy) is 2. The summed E-state index contributed by atoms with van der Waals surface area (Å²) in [5.41, 5.74) is -3.99. The van der Waals surface area contributed by atoms with E-state index in [9.17, 15) is 36.4 Å². The fourth-order valence-corrected chi connectivity index (χ4v) is 5.25. The predicted molar refractivity (Wildman–Crippen MR) is 148 cm³/mol. The van der Waals surface area contributed by atoms with Crippen molar-refractivity contribution >= 4 is 24.3 Å². The van der Waals surface area contributed by atoms with E-state index in [2.05, 4.69) is 9.47 Å². The standard InChI is InChI=1S/C30H18BF9O4S/c32-25(33)27(36)43-21-9-1-17(2-10-21)29(30(38,39)40,18-3-11-22(12-4-18)44-28(37)26(34)35)19-5-13-23(14-6-19)45-24-15-7-20(8-16-24)31(41)42/h1-16,41-42H. The summed E-state index contributed by atoms with van der Waals surface area (Å²) in [6.45, 7) is 0. The Kier molecular flexibility index (Phi) is 10.3. The molecule has 0 aromatic heterocycles. The van der Waals surface area contributed by atoms with Gasteiger partial charge in [0.25, 0.3) is 0 Å².